The van der Waals surface area contributed by atoms with Crippen LogP contribution >= 0.6 is 11.8 Å². The van der Waals surface area contributed by atoms with E-state index in [1.54, 1.807) is 23.9 Å². The van der Waals surface area contributed by atoms with Crippen LogP contribution in [-0.4, -0.2) is 36.2 Å². The van der Waals surface area contributed by atoms with E-state index in [-0.39, 0.29) is 24.1 Å². The molecule has 2 fully saturated rings. The summed E-state index contributed by atoms with van der Waals surface area (Å²) >= 11 is 1.74. The van der Waals surface area contributed by atoms with Crippen LogP contribution in [0.2, 0.25) is 0 Å². The molecule has 1 aromatic rings. The molecule has 21 heavy (non-hydrogen) atoms. The maximum atomic E-state index is 12.9. The number of alkyl halides is 2. The highest BCUT2D eigenvalue weighted by molar-refractivity contribution is 7.99. The SMILES string of the molecule is Fc1ccc(SCCCCN2CC3(C2)CC(F)(F)C3)cc1. The van der Waals surface area contributed by atoms with Crippen LogP contribution in [0.25, 0.3) is 0 Å². The molecular weight excluding hydrogens is 295 g/mol. The molecule has 0 atom stereocenters. The van der Waals surface area contributed by atoms with Gasteiger partial charge in [0, 0.05) is 36.2 Å². The summed E-state index contributed by atoms with van der Waals surface area (Å²) in [6, 6.07) is 6.57. The summed E-state index contributed by atoms with van der Waals surface area (Å²) in [4.78, 5) is 3.38. The summed E-state index contributed by atoms with van der Waals surface area (Å²) in [6.07, 6.45) is 2.39. The number of likely N-dealkylation sites (tertiary alicyclic amines) is 1. The summed E-state index contributed by atoms with van der Waals surface area (Å²) in [5, 5.41) is 0. The number of nitrogens with zero attached hydrogens (tertiary/aromatic N) is 1. The van der Waals surface area contributed by atoms with E-state index < -0.39 is 5.92 Å². The lowest BCUT2D eigenvalue weighted by molar-refractivity contribution is -0.213. The number of halogens is 3. The third-order valence-electron chi connectivity index (χ3n) is 4.34. The Hall–Kier alpha value is -0.680. The average Bonchev–Trinajstić information content (AvgIpc) is 2.35. The Kier molecular flexibility index (Phi) is 4.23. The summed E-state index contributed by atoms with van der Waals surface area (Å²) < 4.78 is 38.5. The number of thioether (sulfide) groups is 1. The van der Waals surface area contributed by atoms with Crippen LogP contribution in [0.5, 0.6) is 0 Å². The molecule has 0 N–H and O–H groups in total. The first-order chi connectivity index (χ1) is 9.96. The quantitative estimate of drug-likeness (QED) is 0.564. The molecule has 116 valence electrons. The van der Waals surface area contributed by atoms with Gasteiger partial charge in [0.1, 0.15) is 5.82 Å². The predicted octanol–water partition coefficient (Wildman–Crippen LogP) is 4.43. The molecule has 1 aromatic carbocycles. The summed E-state index contributed by atoms with van der Waals surface area (Å²) in [5.74, 6) is -1.58. The summed E-state index contributed by atoms with van der Waals surface area (Å²) in [6.45, 7) is 2.72. The highest BCUT2D eigenvalue weighted by Gasteiger charge is 2.61. The maximum Gasteiger partial charge on any atom is 0.249 e. The second kappa shape index (κ2) is 5.84. The number of hydrogen-bond acceptors (Lipinski definition) is 2. The van der Waals surface area contributed by atoms with Gasteiger partial charge in [0.15, 0.2) is 0 Å². The first-order valence-electron chi connectivity index (χ1n) is 7.45. The maximum absolute atomic E-state index is 12.9. The molecule has 3 rings (SSSR count). The third kappa shape index (κ3) is 3.75. The monoisotopic (exact) mass is 315 g/mol. The van der Waals surface area contributed by atoms with Crippen molar-refractivity contribution in [2.24, 2.45) is 5.41 Å². The minimum absolute atomic E-state index is 0.0492. The minimum atomic E-state index is -2.39. The zero-order valence-corrected chi connectivity index (χ0v) is 12.8. The number of unbranched alkanes of at least 4 members (excludes halogenated alkanes) is 1. The van der Waals surface area contributed by atoms with Crippen molar-refractivity contribution in [1.29, 1.82) is 0 Å². The molecule has 1 spiro atoms. The largest absolute Gasteiger partial charge is 0.302 e. The Morgan fingerprint density at radius 1 is 1.05 bits per heavy atom. The van der Waals surface area contributed by atoms with Gasteiger partial charge in [-0.05, 0) is 49.4 Å². The van der Waals surface area contributed by atoms with Gasteiger partial charge >= 0.3 is 0 Å². The molecule has 0 bridgehead atoms. The first kappa shape index (κ1) is 15.2. The molecule has 0 radical (unpaired) electrons. The van der Waals surface area contributed by atoms with Crippen LogP contribution in [0.3, 0.4) is 0 Å². The molecule has 1 saturated carbocycles. The Balaban J connectivity index is 1.24. The molecule has 5 heteroatoms. The lowest BCUT2D eigenvalue weighted by Crippen LogP contribution is -2.65. The molecule has 1 nitrogen and oxygen atoms in total. The van der Waals surface area contributed by atoms with Crippen molar-refractivity contribution in [3.8, 4) is 0 Å². The van der Waals surface area contributed by atoms with Crippen LogP contribution in [-0.2, 0) is 0 Å². The summed E-state index contributed by atoms with van der Waals surface area (Å²) in [5.41, 5.74) is -0.0492. The average molecular weight is 315 g/mol. The number of hydrogen-bond donors (Lipinski definition) is 0. The first-order valence-corrected chi connectivity index (χ1v) is 8.44. The van der Waals surface area contributed by atoms with Gasteiger partial charge in [0.2, 0.25) is 5.92 Å². The Bertz CT molecular complexity index is 473. The second-order valence-corrected chi connectivity index (χ2v) is 7.60. The lowest BCUT2D eigenvalue weighted by atomic mass is 9.61. The van der Waals surface area contributed by atoms with E-state index in [0.717, 1.165) is 43.1 Å². The molecule has 0 aromatic heterocycles. The highest BCUT2D eigenvalue weighted by Crippen LogP contribution is 2.56. The third-order valence-corrected chi connectivity index (χ3v) is 5.43. The van der Waals surface area contributed by atoms with E-state index >= 15 is 0 Å². The van der Waals surface area contributed by atoms with Crippen LogP contribution in [0, 0.1) is 11.2 Å². The molecule has 1 saturated heterocycles. The van der Waals surface area contributed by atoms with Crippen LogP contribution < -0.4 is 0 Å². The zero-order valence-electron chi connectivity index (χ0n) is 12.0. The van der Waals surface area contributed by atoms with Crippen LogP contribution in [0.1, 0.15) is 25.7 Å². The molecule has 0 amide bonds. The normalized spacial score (nSPS) is 22.8. The predicted molar refractivity (Wildman–Crippen MR) is 79.4 cm³/mol. The van der Waals surface area contributed by atoms with Gasteiger partial charge in [0.25, 0.3) is 0 Å². The molecule has 1 heterocycles. The van der Waals surface area contributed by atoms with Crippen LogP contribution in [0.15, 0.2) is 29.2 Å². The lowest BCUT2D eigenvalue weighted by Gasteiger charge is -2.58. The standard InChI is InChI=1S/C16H20F3NS/c17-13-3-5-14(6-4-13)21-8-2-1-7-20-11-15(12-20)9-16(18,19)10-15/h3-6H,1-2,7-12H2. The van der Waals surface area contributed by atoms with E-state index in [2.05, 4.69) is 4.90 Å². The van der Waals surface area contributed by atoms with Crippen molar-refractivity contribution in [3.63, 3.8) is 0 Å². The van der Waals surface area contributed by atoms with Gasteiger partial charge < -0.3 is 4.90 Å². The van der Waals surface area contributed by atoms with Gasteiger partial charge in [0.05, 0.1) is 0 Å². The van der Waals surface area contributed by atoms with Gasteiger partial charge in [-0.25, -0.2) is 13.2 Å². The van der Waals surface area contributed by atoms with E-state index in [4.69, 9.17) is 0 Å². The van der Waals surface area contributed by atoms with Gasteiger partial charge in [-0.2, -0.15) is 0 Å². The Morgan fingerprint density at radius 2 is 1.71 bits per heavy atom. The van der Waals surface area contributed by atoms with Gasteiger partial charge in [-0.3, -0.25) is 0 Å². The topological polar surface area (TPSA) is 3.24 Å². The smallest absolute Gasteiger partial charge is 0.249 e. The van der Waals surface area contributed by atoms with Crippen molar-refractivity contribution in [2.45, 2.75) is 36.5 Å². The zero-order chi connectivity index (χ0) is 14.9. The van der Waals surface area contributed by atoms with Crippen molar-refractivity contribution < 1.29 is 13.2 Å². The molecule has 2 aliphatic rings. The van der Waals surface area contributed by atoms with Crippen molar-refractivity contribution in [2.75, 3.05) is 25.4 Å². The Morgan fingerprint density at radius 3 is 2.33 bits per heavy atom. The van der Waals surface area contributed by atoms with Crippen molar-refractivity contribution in [1.82, 2.24) is 4.90 Å². The van der Waals surface area contributed by atoms with Gasteiger partial charge in [-0.1, -0.05) is 0 Å². The van der Waals surface area contributed by atoms with E-state index in [1.807, 2.05) is 0 Å². The summed E-state index contributed by atoms with van der Waals surface area (Å²) in [7, 11) is 0. The fourth-order valence-corrected chi connectivity index (χ4v) is 4.40. The minimum Gasteiger partial charge on any atom is -0.302 e. The number of rotatable bonds is 6. The fourth-order valence-electron chi connectivity index (χ4n) is 3.49. The Labute approximate surface area is 127 Å². The van der Waals surface area contributed by atoms with Gasteiger partial charge in [-0.15, -0.1) is 11.8 Å². The van der Waals surface area contributed by atoms with E-state index in [1.165, 1.54) is 12.1 Å². The fraction of sp³-hybridized carbons (Fsp3) is 0.625. The molecule has 1 aliphatic heterocycles. The molecular formula is C16H20F3NS. The van der Waals surface area contributed by atoms with E-state index in [0.29, 0.717) is 0 Å². The number of benzene rings is 1. The molecule has 0 unspecified atom stereocenters. The highest BCUT2D eigenvalue weighted by atomic mass is 32.2. The van der Waals surface area contributed by atoms with Crippen molar-refractivity contribution >= 4 is 11.8 Å². The molecule has 1 aliphatic carbocycles. The van der Waals surface area contributed by atoms with Crippen LogP contribution in [0.4, 0.5) is 13.2 Å². The van der Waals surface area contributed by atoms with Crippen molar-refractivity contribution in [3.05, 3.63) is 30.1 Å². The second-order valence-electron chi connectivity index (χ2n) is 6.43. The van der Waals surface area contributed by atoms with E-state index in [9.17, 15) is 13.2 Å².